The van der Waals surface area contributed by atoms with Gasteiger partial charge in [0, 0.05) is 0 Å². The molecule has 0 saturated heterocycles. The molecule has 0 aliphatic rings. The van der Waals surface area contributed by atoms with E-state index in [1.165, 1.54) is 9.82 Å². The topological polar surface area (TPSA) is 52.6 Å². The Morgan fingerprint density at radius 2 is 2.00 bits per heavy atom. The summed E-state index contributed by atoms with van der Waals surface area (Å²) in [6, 6.07) is 6.16. The van der Waals surface area contributed by atoms with Gasteiger partial charge in [0.2, 0.25) is 0 Å². The van der Waals surface area contributed by atoms with Crippen LogP contribution in [0, 0.1) is 0 Å². The number of aryl methyl sites for hydroxylation is 1. The number of benzene rings is 1. The number of carbonyl (C=O) groups is 2. The summed E-state index contributed by atoms with van der Waals surface area (Å²) in [5.41, 5.74) is 1.17. The summed E-state index contributed by atoms with van der Waals surface area (Å²) >= 11 is 3.43. The minimum atomic E-state index is -0.312. The van der Waals surface area contributed by atoms with E-state index in [0.29, 0.717) is 6.61 Å². The van der Waals surface area contributed by atoms with Gasteiger partial charge in [0.1, 0.15) is 0 Å². The van der Waals surface area contributed by atoms with Gasteiger partial charge in [-0.3, -0.25) is 0 Å². The minimum absolute atomic E-state index is 0.0255. The van der Waals surface area contributed by atoms with Crippen LogP contribution in [0.25, 0.3) is 9.65 Å². The molecule has 2 aromatic rings. The van der Waals surface area contributed by atoms with Crippen molar-refractivity contribution < 1.29 is 19.1 Å². The van der Waals surface area contributed by atoms with Gasteiger partial charge in [0.15, 0.2) is 0 Å². The van der Waals surface area contributed by atoms with Crippen LogP contribution < -0.4 is 4.74 Å². The number of ether oxygens (including phenoxy) is 2. The van der Waals surface area contributed by atoms with Crippen LogP contribution in [0.5, 0.6) is 5.75 Å². The van der Waals surface area contributed by atoms with Crippen molar-refractivity contribution in [3.8, 4) is 5.75 Å². The van der Waals surface area contributed by atoms with Gasteiger partial charge in [-0.25, -0.2) is 0 Å². The number of rotatable bonds is 9. The number of alkyl halides is 1. The molecule has 1 aromatic heterocycles. The first kappa shape index (κ1) is 19.2. The molecule has 0 N–H and O–H groups in total. The summed E-state index contributed by atoms with van der Waals surface area (Å²) in [6.07, 6.45) is 2.34. The molecule has 0 aliphatic carbocycles. The standard InChI is InChI=1S/C18H21BrO4Se/c1-3-23-18(21)7-6-14(20)17-10-13-9-12(5-4-8-19)15(22-2)11-16(13)24-17/h9-11H,3-8H2,1-2H3. The van der Waals surface area contributed by atoms with Crippen molar-refractivity contribution in [2.75, 3.05) is 19.0 Å². The van der Waals surface area contributed by atoms with Crippen molar-refractivity contribution in [1.29, 1.82) is 0 Å². The maximum absolute atomic E-state index is 12.3. The molecular formula is C18H21BrO4Se. The number of hydrogen-bond acceptors (Lipinski definition) is 4. The fourth-order valence-electron chi connectivity index (χ4n) is 2.47. The molecule has 24 heavy (non-hydrogen) atoms. The molecule has 0 atom stereocenters. The van der Waals surface area contributed by atoms with Crippen LogP contribution in [0.1, 0.15) is 41.0 Å². The molecule has 1 heterocycles. The van der Waals surface area contributed by atoms with Gasteiger partial charge >= 0.3 is 156 Å². The van der Waals surface area contributed by atoms with E-state index in [-0.39, 0.29) is 39.1 Å². The number of fused-ring (bicyclic) bond motifs is 1. The molecule has 0 bridgehead atoms. The van der Waals surface area contributed by atoms with Crippen molar-refractivity contribution >= 4 is 51.8 Å². The number of Topliss-reactive ketones (excluding diaryl/α,β-unsaturated/α-hetero) is 1. The molecule has 0 aliphatic heterocycles. The molecule has 0 fully saturated rings. The Morgan fingerprint density at radius 1 is 1.21 bits per heavy atom. The Kier molecular flexibility index (Phi) is 7.53. The predicted molar refractivity (Wildman–Crippen MR) is 99.8 cm³/mol. The molecular weight excluding hydrogens is 439 g/mol. The summed E-state index contributed by atoms with van der Waals surface area (Å²) < 4.78 is 12.4. The Hall–Kier alpha value is -1.10. The summed E-state index contributed by atoms with van der Waals surface area (Å²) in [7, 11) is 1.68. The molecule has 0 radical (unpaired) electrons. The van der Waals surface area contributed by atoms with E-state index >= 15 is 0 Å². The van der Waals surface area contributed by atoms with Crippen molar-refractivity contribution in [1.82, 2.24) is 0 Å². The molecule has 130 valence electrons. The Balaban J connectivity index is 2.17. The maximum atomic E-state index is 12.3. The first-order valence-corrected chi connectivity index (χ1v) is 10.8. The van der Waals surface area contributed by atoms with E-state index in [0.717, 1.165) is 33.7 Å². The van der Waals surface area contributed by atoms with Gasteiger partial charge in [-0.1, -0.05) is 0 Å². The van der Waals surface area contributed by atoms with Crippen molar-refractivity contribution in [2.24, 2.45) is 0 Å². The molecule has 2 rings (SSSR count). The monoisotopic (exact) mass is 460 g/mol. The SMILES string of the molecule is CCOC(=O)CCC(=O)c1cc2cc(CCCBr)c(OC)cc2[se]1. The van der Waals surface area contributed by atoms with E-state index in [2.05, 4.69) is 28.1 Å². The quantitative estimate of drug-likeness (QED) is 0.248. The number of halogens is 1. The Bertz CT molecular complexity index is 723. The second kappa shape index (κ2) is 9.40. The van der Waals surface area contributed by atoms with Crippen LogP contribution in [-0.4, -0.2) is 45.3 Å². The average molecular weight is 460 g/mol. The van der Waals surface area contributed by atoms with Crippen molar-refractivity contribution in [3.63, 3.8) is 0 Å². The molecule has 0 saturated carbocycles. The van der Waals surface area contributed by atoms with Gasteiger partial charge < -0.3 is 0 Å². The Labute approximate surface area is 156 Å². The van der Waals surface area contributed by atoms with Crippen LogP contribution in [0.4, 0.5) is 0 Å². The van der Waals surface area contributed by atoms with E-state index < -0.39 is 0 Å². The molecule has 1 aromatic carbocycles. The zero-order valence-electron chi connectivity index (χ0n) is 13.9. The fourth-order valence-corrected chi connectivity index (χ4v) is 4.93. The normalized spacial score (nSPS) is 10.8. The van der Waals surface area contributed by atoms with Crippen molar-refractivity contribution in [2.45, 2.75) is 32.6 Å². The van der Waals surface area contributed by atoms with Crippen LogP contribution in [-0.2, 0) is 16.0 Å². The third kappa shape index (κ3) is 4.95. The molecule has 0 amide bonds. The van der Waals surface area contributed by atoms with Gasteiger partial charge in [-0.05, 0) is 0 Å². The van der Waals surface area contributed by atoms with E-state index in [4.69, 9.17) is 9.47 Å². The molecule has 0 spiro atoms. The van der Waals surface area contributed by atoms with Crippen LogP contribution in [0.2, 0.25) is 0 Å². The second-order valence-electron chi connectivity index (χ2n) is 5.33. The zero-order chi connectivity index (χ0) is 17.5. The van der Waals surface area contributed by atoms with E-state index in [9.17, 15) is 9.59 Å². The van der Waals surface area contributed by atoms with Gasteiger partial charge in [-0.15, -0.1) is 0 Å². The van der Waals surface area contributed by atoms with E-state index in [1.54, 1.807) is 14.0 Å². The predicted octanol–water partition coefficient (Wildman–Crippen LogP) is 3.76. The van der Waals surface area contributed by atoms with Crippen LogP contribution in [0.15, 0.2) is 18.2 Å². The summed E-state index contributed by atoms with van der Waals surface area (Å²) in [4.78, 5) is 23.7. The van der Waals surface area contributed by atoms with Crippen LogP contribution in [0.3, 0.4) is 0 Å². The first-order valence-electron chi connectivity index (χ1n) is 7.94. The number of methoxy groups -OCH3 is 1. The summed E-state index contributed by atoms with van der Waals surface area (Å²) in [5, 5.41) is 2.06. The molecule has 6 heteroatoms. The summed E-state index contributed by atoms with van der Waals surface area (Å²) in [6.45, 7) is 2.11. The Morgan fingerprint density at radius 3 is 2.67 bits per heavy atom. The van der Waals surface area contributed by atoms with Gasteiger partial charge in [0.05, 0.1) is 0 Å². The molecule has 4 nitrogen and oxygen atoms in total. The third-order valence-electron chi connectivity index (χ3n) is 3.64. The number of carbonyl (C=O) groups excluding carboxylic acids is 2. The van der Waals surface area contributed by atoms with Gasteiger partial charge in [0.25, 0.3) is 0 Å². The van der Waals surface area contributed by atoms with Crippen molar-refractivity contribution in [3.05, 3.63) is 28.2 Å². The van der Waals surface area contributed by atoms with E-state index in [1.807, 2.05) is 6.07 Å². The van der Waals surface area contributed by atoms with Crippen LogP contribution >= 0.6 is 15.9 Å². The number of hydrogen-bond donors (Lipinski definition) is 0. The summed E-state index contributed by atoms with van der Waals surface area (Å²) in [5.74, 6) is 0.624. The van der Waals surface area contributed by atoms with Gasteiger partial charge in [-0.2, -0.15) is 0 Å². The number of esters is 1. The molecule has 0 unspecified atom stereocenters. The second-order valence-corrected chi connectivity index (χ2v) is 8.40. The average Bonchev–Trinajstić information content (AvgIpc) is 3.00. The first-order chi connectivity index (χ1) is 11.6. The zero-order valence-corrected chi connectivity index (χ0v) is 17.2. The third-order valence-corrected chi connectivity index (χ3v) is 6.59. The number of ketones is 1. The fraction of sp³-hybridized carbons (Fsp3) is 0.444.